The fraction of sp³-hybridized carbons (Fsp3) is 0.429. The largest absolute Gasteiger partial charge is 0.493 e. The zero-order valence-corrected chi connectivity index (χ0v) is 20.9. The van der Waals surface area contributed by atoms with E-state index in [4.69, 9.17) is 9.47 Å². The number of nitrogens with zero attached hydrogens (tertiary/aromatic N) is 1. The van der Waals surface area contributed by atoms with Gasteiger partial charge in [-0.1, -0.05) is 41.5 Å². The summed E-state index contributed by atoms with van der Waals surface area (Å²) in [5.74, 6) is 0.962. The van der Waals surface area contributed by atoms with Crippen molar-refractivity contribution in [1.82, 2.24) is 4.57 Å². The molecule has 0 saturated heterocycles. The molecular weight excluding hydrogens is 430 g/mol. The molecule has 0 aliphatic carbocycles. The summed E-state index contributed by atoms with van der Waals surface area (Å²) in [6, 6.07) is 12.3. The standard InChI is InChI=1S/C28H35NO5/c1-17(2)14-29-24-10-7-20(11-21(24)12-25(29)28(31)32)27(30)23-9-8-22(33-15-18(3)4)13-26(23)34-16-19(5)6/h7-13,17-19H,14-16H2,1-6H3,(H,31,32). The Morgan fingerprint density at radius 3 is 2.15 bits per heavy atom. The van der Waals surface area contributed by atoms with Crippen molar-refractivity contribution in [1.29, 1.82) is 0 Å². The van der Waals surface area contributed by atoms with E-state index in [9.17, 15) is 14.7 Å². The molecule has 1 aromatic heterocycles. The van der Waals surface area contributed by atoms with E-state index in [2.05, 4.69) is 27.7 Å². The van der Waals surface area contributed by atoms with Crippen LogP contribution in [0.15, 0.2) is 42.5 Å². The first-order valence-electron chi connectivity index (χ1n) is 11.9. The molecule has 6 heteroatoms. The van der Waals surface area contributed by atoms with Gasteiger partial charge in [0.2, 0.25) is 0 Å². The zero-order chi connectivity index (χ0) is 25.0. The maximum Gasteiger partial charge on any atom is 0.352 e. The van der Waals surface area contributed by atoms with E-state index in [0.717, 1.165) is 10.9 Å². The van der Waals surface area contributed by atoms with Crippen LogP contribution < -0.4 is 9.47 Å². The highest BCUT2D eigenvalue weighted by Crippen LogP contribution is 2.30. The van der Waals surface area contributed by atoms with Gasteiger partial charge in [0.05, 0.1) is 18.8 Å². The van der Waals surface area contributed by atoms with Crippen LogP contribution in [0, 0.1) is 17.8 Å². The molecule has 3 rings (SSSR count). The summed E-state index contributed by atoms with van der Waals surface area (Å²) >= 11 is 0. The van der Waals surface area contributed by atoms with E-state index >= 15 is 0 Å². The highest BCUT2D eigenvalue weighted by Gasteiger charge is 2.20. The fourth-order valence-electron chi connectivity index (χ4n) is 3.73. The van der Waals surface area contributed by atoms with E-state index in [0.29, 0.717) is 54.2 Å². The van der Waals surface area contributed by atoms with E-state index in [1.54, 1.807) is 41.0 Å². The van der Waals surface area contributed by atoms with Gasteiger partial charge < -0.3 is 19.1 Å². The predicted octanol–water partition coefficient (Wildman–Crippen LogP) is 6.30. The van der Waals surface area contributed by atoms with Crippen molar-refractivity contribution < 1.29 is 24.2 Å². The monoisotopic (exact) mass is 465 g/mol. The number of carbonyl (C=O) groups is 2. The first-order valence-corrected chi connectivity index (χ1v) is 11.9. The number of fused-ring (bicyclic) bond motifs is 1. The second kappa shape index (κ2) is 10.8. The molecule has 0 bridgehead atoms. The summed E-state index contributed by atoms with van der Waals surface area (Å²) in [5, 5.41) is 10.4. The normalized spacial score (nSPS) is 11.6. The number of hydrogen-bond acceptors (Lipinski definition) is 4. The Morgan fingerprint density at radius 2 is 1.53 bits per heavy atom. The van der Waals surface area contributed by atoms with Crippen LogP contribution in [0.5, 0.6) is 11.5 Å². The quantitative estimate of drug-likeness (QED) is 0.336. The van der Waals surface area contributed by atoms with E-state index in [1.807, 2.05) is 19.9 Å². The maximum absolute atomic E-state index is 13.5. The Balaban J connectivity index is 2.00. The van der Waals surface area contributed by atoms with Crippen molar-refractivity contribution in [3.63, 3.8) is 0 Å². The Labute approximate surface area is 201 Å². The lowest BCUT2D eigenvalue weighted by atomic mass is 10.0. The SMILES string of the molecule is CC(C)COc1ccc(C(=O)c2ccc3c(c2)cc(C(=O)O)n3CC(C)C)c(OCC(C)C)c1. The number of benzene rings is 2. The third-order valence-electron chi connectivity index (χ3n) is 5.28. The summed E-state index contributed by atoms with van der Waals surface area (Å²) in [7, 11) is 0. The van der Waals surface area contributed by atoms with Crippen LogP contribution in [0.25, 0.3) is 10.9 Å². The minimum absolute atomic E-state index is 0.176. The van der Waals surface area contributed by atoms with Gasteiger partial charge in [-0.05, 0) is 54.2 Å². The van der Waals surface area contributed by atoms with Gasteiger partial charge in [0, 0.05) is 29.1 Å². The van der Waals surface area contributed by atoms with Gasteiger partial charge in [0.25, 0.3) is 0 Å². The smallest absolute Gasteiger partial charge is 0.352 e. The molecule has 0 atom stereocenters. The molecule has 0 spiro atoms. The van der Waals surface area contributed by atoms with Crippen molar-refractivity contribution in [3.05, 3.63) is 59.3 Å². The highest BCUT2D eigenvalue weighted by molar-refractivity contribution is 6.12. The van der Waals surface area contributed by atoms with Gasteiger partial charge in [-0.2, -0.15) is 0 Å². The molecule has 34 heavy (non-hydrogen) atoms. The van der Waals surface area contributed by atoms with Crippen molar-refractivity contribution in [3.8, 4) is 11.5 Å². The summed E-state index contributed by atoms with van der Waals surface area (Å²) in [6.07, 6.45) is 0. The number of ether oxygens (including phenoxy) is 2. The van der Waals surface area contributed by atoms with E-state index in [1.165, 1.54) is 0 Å². The number of aromatic nitrogens is 1. The van der Waals surface area contributed by atoms with Gasteiger partial charge in [0.1, 0.15) is 17.2 Å². The molecule has 3 aromatic rings. The molecule has 0 radical (unpaired) electrons. The topological polar surface area (TPSA) is 77.8 Å². The van der Waals surface area contributed by atoms with Gasteiger partial charge >= 0.3 is 5.97 Å². The van der Waals surface area contributed by atoms with Crippen LogP contribution in [-0.2, 0) is 6.54 Å². The number of carbonyl (C=O) groups excluding carboxylic acids is 1. The molecule has 1 N–H and O–H groups in total. The lowest BCUT2D eigenvalue weighted by Crippen LogP contribution is -2.12. The molecule has 182 valence electrons. The average Bonchev–Trinajstić information content (AvgIpc) is 3.13. The van der Waals surface area contributed by atoms with Crippen LogP contribution >= 0.6 is 0 Å². The lowest BCUT2D eigenvalue weighted by molar-refractivity contribution is 0.0684. The number of carboxylic acid groups (broad SMARTS) is 1. The Kier molecular flexibility index (Phi) is 8.02. The second-order valence-electron chi connectivity index (χ2n) is 10.0. The van der Waals surface area contributed by atoms with Crippen molar-refractivity contribution in [2.75, 3.05) is 13.2 Å². The average molecular weight is 466 g/mol. The molecule has 2 aromatic carbocycles. The summed E-state index contributed by atoms with van der Waals surface area (Å²) < 4.78 is 13.6. The molecular formula is C28H35NO5. The molecule has 0 saturated carbocycles. The Hall–Kier alpha value is -3.28. The first-order chi connectivity index (χ1) is 16.1. The summed E-state index contributed by atoms with van der Waals surface area (Å²) in [4.78, 5) is 25.3. The minimum atomic E-state index is -0.980. The number of carboxylic acids is 1. The molecule has 0 unspecified atom stereocenters. The molecule has 6 nitrogen and oxygen atoms in total. The number of ketones is 1. The zero-order valence-electron chi connectivity index (χ0n) is 20.9. The first kappa shape index (κ1) is 25.3. The second-order valence-corrected chi connectivity index (χ2v) is 10.0. The molecule has 0 amide bonds. The van der Waals surface area contributed by atoms with Crippen molar-refractivity contribution in [2.45, 2.75) is 48.1 Å². The van der Waals surface area contributed by atoms with Crippen LogP contribution in [-0.4, -0.2) is 34.6 Å². The van der Waals surface area contributed by atoms with Crippen LogP contribution in [0.3, 0.4) is 0 Å². The maximum atomic E-state index is 13.5. The van der Waals surface area contributed by atoms with Gasteiger partial charge in [-0.25, -0.2) is 4.79 Å². The van der Waals surface area contributed by atoms with Gasteiger partial charge in [-0.15, -0.1) is 0 Å². The van der Waals surface area contributed by atoms with Crippen LogP contribution in [0.2, 0.25) is 0 Å². The lowest BCUT2D eigenvalue weighted by Gasteiger charge is -2.16. The molecule has 0 fully saturated rings. The van der Waals surface area contributed by atoms with Gasteiger partial charge in [0.15, 0.2) is 5.78 Å². The Morgan fingerprint density at radius 1 is 0.853 bits per heavy atom. The minimum Gasteiger partial charge on any atom is -0.493 e. The molecule has 0 aliphatic rings. The van der Waals surface area contributed by atoms with E-state index < -0.39 is 5.97 Å². The van der Waals surface area contributed by atoms with E-state index in [-0.39, 0.29) is 17.4 Å². The van der Waals surface area contributed by atoms with Crippen molar-refractivity contribution >= 4 is 22.7 Å². The molecule has 1 heterocycles. The summed E-state index contributed by atoms with van der Waals surface area (Å²) in [6.45, 7) is 14.0. The number of hydrogen-bond donors (Lipinski definition) is 1. The van der Waals surface area contributed by atoms with Crippen LogP contribution in [0.1, 0.15) is 68.0 Å². The number of aromatic carboxylic acids is 1. The van der Waals surface area contributed by atoms with Crippen molar-refractivity contribution in [2.24, 2.45) is 17.8 Å². The number of rotatable bonds is 11. The third kappa shape index (κ3) is 5.99. The predicted molar refractivity (Wildman–Crippen MR) is 134 cm³/mol. The molecule has 0 aliphatic heterocycles. The Bertz CT molecular complexity index is 1170. The fourth-order valence-corrected chi connectivity index (χ4v) is 3.73. The summed E-state index contributed by atoms with van der Waals surface area (Å²) in [5.41, 5.74) is 1.96. The third-order valence-corrected chi connectivity index (χ3v) is 5.28. The highest BCUT2D eigenvalue weighted by atomic mass is 16.5. The van der Waals surface area contributed by atoms with Crippen LogP contribution in [0.4, 0.5) is 0 Å². The van der Waals surface area contributed by atoms with Gasteiger partial charge in [-0.3, -0.25) is 4.79 Å².